The molecule has 19 heavy (non-hydrogen) atoms. The molecule has 0 aliphatic heterocycles. The van der Waals surface area contributed by atoms with E-state index < -0.39 is 11.4 Å². The second-order valence-corrected chi connectivity index (χ2v) is 6.38. The molecule has 2 rings (SSSR count). The Morgan fingerprint density at radius 1 is 1.37 bits per heavy atom. The molecule has 1 fully saturated rings. The summed E-state index contributed by atoms with van der Waals surface area (Å²) in [4.78, 5) is 28.7. The van der Waals surface area contributed by atoms with E-state index >= 15 is 0 Å². The third-order valence-electron chi connectivity index (χ3n) is 3.79. The first-order chi connectivity index (χ1) is 8.93. The Labute approximate surface area is 116 Å². The molecule has 0 saturated heterocycles. The number of hydrogen-bond acceptors (Lipinski definition) is 4. The molecule has 1 aliphatic carbocycles. The normalized spacial score (nSPS) is 17.4. The van der Waals surface area contributed by atoms with Crippen molar-refractivity contribution >= 4 is 28.3 Å². The number of carboxylic acid groups (broad SMARTS) is 1. The highest BCUT2D eigenvalue weighted by Crippen LogP contribution is 2.41. The van der Waals surface area contributed by atoms with Gasteiger partial charge in [-0.05, 0) is 26.7 Å². The fourth-order valence-electron chi connectivity index (χ4n) is 2.52. The predicted molar refractivity (Wildman–Crippen MR) is 73.4 cm³/mol. The average molecular weight is 282 g/mol. The van der Waals surface area contributed by atoms with Crippen molar-refractivity contribution in [3.63, 3.8) is 0 Å². The van der Waals surface area contributed by atoms with E-state index in [0.29, 0.717) is 18.0 Å². The average Bonchev–Trinajstić information content (AvgIpc) is 2.88. The third-order valence-corrected chi connectivity index (χ3v) is 4.78. The van der Waals surface area contributed by atoms with Gasteiger partial charge in [0.2, 0.25) is 5.91 Å². The lowest BCUT2D eigenvalue weighted by atomic mass is 9.82. The van der Waals surface area contributed by atoms with Crippen LogP contribution in [-0.4, -0.2) is 22.0 Å². The molecule has 1 heterocycles. The molecular formula is C13H18N2O3S. The maximum absolute atomic E-state index is 12.0. The number of aromatic nitrogens is 1. The van der Waals surface area contributed by atoms with Gasteiger partial charge < -0.3 is 10.4 Å². The summed E-state index contributed by atoms with van der Waals surface area (Å²) in [7, 11) is 0. The molecule has 6 heteroatoms. The van der Waals surface area contributed by atoms with Crippen LogP contribution in [0.5, 0.6) is 0 Å². The zero-order valence-electron chi connectivity index (χ0n) is 11.2. The number of anilines is 1. The van der Waals surface area contributed by atoms with Crippen LogP contribution in [0.4, 0.5) is 5.13 Å². The monoisotopic (exact) mass is 282 g/mol. The largest absolute Gasteiger partial charge is 0.481 e. The van der Waals surface area contributed by atoms with Crippen LogP contribution in [0.1, 0.15) is 42.7 Å². The molecule has 0 spiro atoms. The molecule has 104 valence electrons. The number of carbonyl (C=O) groups excluding carboxylic acids is 1. The van der Waals surface area contributed by atoms with Gasteiger partial charge in [0, 0.05) is 11.3 Å². The summed E-state index contributed by atoms with van der Waals surface area (Å²) in [6.45, 7) is 3.83. The molecule has 1 amide bonds. The van der Waals surface area contributed by atoms with Gasteiger partial charge in [-0.25, -0.2) is 4.98 Å². The Morgan fingerprint density at radius 2 is 2.00 bits per heavy atom. The van der Waals surface area contributed by atoms with Gasteiger partial charge in [0.05, 0.1) is 11.1 Å². The minimum absolute atomic E-state index is 0.0417. The number of nitrogens with one attached hydrogen (secondary N) is 1. The fraction of sp³-hybridized carbons (Fsp3) is 0.615. The first-order valence-corrected chi connectivity index (χ1v) is 7.22. The molecule has 1 aromatic rings. The summed E-state index contributed by atoms with van der Waals surface area (Å²) in [5.74, 6) is -1.11. The van der Waals surface area contributed by atoms with Crippen LogP contribution in [0.25, 0.3) is 0 Å². The molecular weight excluding hydrogens is 264 g/mol. The molecule has 2 N–H and O–H groups in total. The second kappa shape index (κ2) is 5.28. The number of aliphatic carboxylic acids is 1. The predicted octanol–water partition coefficient (Wildman–Crippen LogP) is 2.73. The number of rotatable bonds is 4. The molecule has 1 aliphatic rings. The standard InChI is InChI=1S/C13H18N2O3S/c1-8-9(2)19-12(14-8)15-10(16)7-13(11(17)18)5-3-4-6-13/h3-7H2,1-2H3,(H,17,18)(H,14,15,16). The van der Waals surface area contributed by atoms with E-state index in [0.717, 1.165) is 23.4 Å². The number of amides is 1. The lowest BCUT2D eigenvalue weighted by Gasteiger charge is -2.22. The van der Waals surface area contributed by atoms with Gasteiger partial charge in [0.15, 0.2) is 5.13 Å². The number of hydrogen-bond donors (Lipinski definition) is 2. The van der Waals surface area contributed by atoms with Crippen LogP contribution < -0.4 is 5.32 Å². The van der Waals surface area contributed by atoms with E-state index in [1.54, 1.807) is 0 Å². The minimum atomic E-state index is -0.870. The summed E-state index contributed by atoms with van der Waals surface area (Å²) < 4.78 is 0. The summed E-state index contributed by atoms with van der Waals surface area (Å²) in [5, 5.41) is 12.6. The smallest absolute Gasteiger partial charge is 0.310 e. The lowest BCUT2D eigenvalue weighted by molar-refractivity contribution is -0.150. The van der Waals surface area contributed by atoms with Crippen molar-refractivity contribution < 1.29 is 14.7 Å². The Bertz CT molecular complexity index is 484. The molecule has 0 bridgehead atoms. The first kappa shape index (κ1) is 14.0. The van der Waals surface area contributed by atoms with Gasteiger partial charge in [-0.3, -0.25) is 9.59 Å². The van der Waals surface area contributed by atoms with Crippen LogP contribution in [0.3, 0.4) is 0 Å². The van der Waals surface area contributed by atoms with Crippen molar-refractivity contribution in [2.75, 3.05) is 5.32 Å². The lowest BCUT2D eigenvalue weighted by Crippen LogP contribution is -2.32. The number of nitrogens with zero attached hydrogens (tertiary/aromatic N) is 1. The molecule has 1 saturated carbocycles. The SMILES string of the molecule is Cc1nc(NC(=O)CC2(C(=O)O)CCCC2)sc1C. The van der Waals surface area contributed by atoms with Gasteiger partial charge in [0.1, 0.15) is 0 Å². The van der Waals surface area contributed by atoms with Gasteiger partial charge in [-0.1, -0.05) is 12.8 Å². The fourth-order valence-corrected chi connectivity index (χ4v) is 3.35. The van der Waals surface area contributed by atoms with E-state index in [4.69, 9.17) is 0 Å². The topological polar surface area (TPSA) is 79.3 Å². The van der Waals surface area contributed by atoms with E-state index in [9.17, 15) is 14.7 Å². The summed E-state index contributed by atoms with van der Waals surface area (Å²) >= 11 is 1.42. The third kappa shape index (κ3) is 2.94. The Morgan fingerprint density at radius 3 is 2.47 bits per heavy atom. The van der Waals surface area contributed by atoms with Crippen LogP contribution in [-0.2, 0) is 9.59 Å². The molecule has 0 unspecified atom stereocenters. The van der Waals surface area contributed by atoms with Crippen molar-refractivity contribution in [2.45, 2.75) is 46.0 Å². The van der Waals surface area contributed by atoms with Crippen molar-refractivity contribution in [2.24, 2.45) is 5.41 Å². The Hall–Kier alpha value is -1.43. The molecule has 0 radical (unpaired) electrons. The van der Waals surface area contributed by atoms with Crippen molar-refractivity contribution in [1.82, 2.24) is 4.98 Å². The zero-order valence-corrected chi connectivity index (χ0v) is 12.0. The molecule has 5 nitrogen and oxygen atoms in total. The number of carboxylic acids is 1. The second-order valence-electron chi connectivity index (χ2n) is 5.18. The summed E-state index contributed by atoms with van der Waals surface area (Å²) in [6.07, 6.45) is 2.99. The van der Waals surface area contributed by atoms with Crippen molar-refractivity contribution in [1.29, 1.82) is 0 Å². The first-order valence-electron chi connectivity index (χ1n) is 6.40. The van der Waals surface area contributed by atoms with Crippen LogP contribution in [0.15, 0.2) is 0 Å². The number of thiazole rings is 1. The molecule has 0 atom stereocenters. The summed E-state index contributed by atoms with van der Waals surface area (Å²) in [5.41, 5.74) is 0.0277. The van der Waals surface area contributed by atoms with E-state index in [1.165, 1.54) is 11.3 Å². The number of carbonyl (C=O) groups is 2. The van der Waals surface area contributed by atoms with E-state index in [1.807, 2.05) is 13.8 Å². The highest BCUT2D eigenvalue weighted by molar-refractivity contribution is 7.15. The van der Waals surface area contributed by atoms with Gasteiger partial charge >= 0.3 is 5.97 Å². The van der Waals surface area contributed by atoms with Crippen molar-refractivity contribution in [3.05, 3.63) is 10.6 Å². The van der Waals surface area contributed by atoms with Crippen LogP contribution >= 0.6 is 11.3 Å². The van der Waals surface area contributed by atoms with Gasteiger partial charge in [-0.2, -0.15) is 0 Å². The minimum Gasteiger partial charge on any atom is -0.481 e. The Kier molecular flexibility index (Phi) is 3.89. The number of aryl methyl sites for hydroxylation is 2. The maximum Gasteiger partial charge on any atom is 0.310 e. The zero-order chi connectivity index (χ0) is 14.0. The quantitative estimate of drug-likeness (QED) is 0.890. The highest BCUT2D eigenvalue weighted by atomic mass is 32.1. The Balaban J connectivity index is 2.02. The highest BCUT2D eigenvalue weighted by Gasteiger charge is 2.43. The van der Waals surface area contributed by atoms with Gasteiger partial charge in [0.25, 0.3) is 0 Å². The molecule has 0 aromatic carbocycles. The van der Waals surface area contributed by atoms with Gasteiger partial charge in [-0.15, -0.1) is 11.3 Å². The molecule has 1 aromatic heterocycles. The van der Waals surface area contributed by atoms with Crippen molar-refractivity contribution in [3.8, 4) is 0 Å². The van der Waals surface area contributed by atoms with E-state index in [2.05, 4.69) is 10.3 Å². The maximum atomic E-state index is 12.0. The summed E-state index contributed by atoms with van der Waals surface area (Å²) in [6, 6.07) is 0. The van der Waals surface area contributed by atoms with E-state index in [-0.39, 0.29) is 12.3 Å². The van der Waals surface area contributed by atoms with Crippen LogP contribution in [0.2, 0.25) is 0 Å². The van der Waals surface area contributed by atoms with Crippen LogP contribution in [0, 0.1) is 19.3 Å².